The van der Waals surface area contributed by atoms with E-state index in [1.54, 1.807) is 0 Å². The second-order valence-corrected chi connectivity index (χ2v) is 7.01. The van der Waals surface area contributed by atoms with Crippen LogP contribution >= 0.6 is 0 Å². The van der Waals surface area contributed by atoms with Gasteiger partial charge in [-0.1, -0.05) is 42.5 Å². The lowest BCUT2D eigenvalue weighted by atomic mass is 10.1. The molecule has 0 saturated carbocycles. The van der Waals surface area contributed by atoms with Gasteiger partial charge in [0.1, 0.15) is 0 Å². The van der Waals surface area contributed by atoms with Gasteiger partial charge in [-0.3, -0.25) is 4.79 Å². The number of carbonyl (C=O) groups is 2. The summed E-state index contributed by atoms with van der Waals surface area (Å²) >= 11 is 0. The summed E-state index contributed by atoms with van der Waals surface area (Å²) in [6, 6.07) is 17.1. The van der Waals surface area contributed by atoms with E-state index in [2.05, 4.69) is 10.6 Å². The average molecular weight is 365 g/mol. The summed E-state index contributed by atoms with van der Waals surface area (Å²) in [4.78, 5) is 26.7. The first-order valence-electron chi connectivity index (χ1n) is 9.61. The van der Waals surface area contributed by atoms with E-state index in [1.165, 1.54) is 6.42 Å². The standard InChI is InChI=1S/C22H27N3O2/c1-17(19-10-4-2-5-11-19)24-22(27)23-16-18-9-8-12-20(15-18)21(26)25-13-6-3-7-14-25/h2,4-5,8-12,15,17H,3,6-7,13-14,16H2,1H3,(H2,23,24,27). The van der Waals surface area contributed by atoms with Crippen molar-refractivity contribution in [2.75, 3.05) is 13.1 Å². The summed E-state index contributed by atoms with van der Waals surface area (Å²) in [7, 11) is 0. The third kappa shape index (κ3) is 5.33. The van der Waals surface area contributed by atoms with E-state index < -0.39 is 0 Å². The lowest BCUT2D eigenvalue weighted by Gasteiger charge is -2.26. The van der Waals surface area contributed by atoms with E-state index in [1.807, 2.05) is 66.4 Å². The number of benzene rings is 2. The van der Waals surface area contributed by atoms with Crippen LogP contribution in [-0.4, -0.2) is 29.9 Å². The zero-order chi connectivity index (χ0) is 19.1. The van der Waals surface area contributed by atoms with Gasteiger partial charge in [0.25, 0.3) is 5.91 Å². The van der Waals surface area contributed by atoms with Gasteiger partial charge in [0.15, 0.2) is 0 Å². The smallest absolute Gasteiger partial charge is 0.315 e. The number of nitrogens with one attached hydrogen (secondary N) is 2. The number of rotatable bonds is 5. The van der Waals surface area contributed by atoms with Crippen LogP contribution in [0.5, 0.6) is 0 Å². The molecule has 1 aliphatic heterocycles. The van der Waals surface area contributed by atoms with Crippen LogP contribution in [0.3, 0.4) is 0 Å². The zero-order valence-corrected chi connectivity index (χ0v) is 15.8. The van der Waals surface area contributed by atoms with Gasteiger partial charge in [0.2, 0.25) is 0 Å². The number of urea groups is 1. The van der Waals surface area contributed by atoms with Crippen molar-refractivity contribution in [2.24, 2.45) is 0 Å². The first kappa shape index (κ1) is 19.0. The molecular formula is C22H27N3O2. The molecule has 27 heavy (non-hydrogen) atoms. The SMILES string of the molecule is CC(NC(=O)NCc1cccc(C(=O)N2CCCCC2)c1)c1ccccc1. The highest BCUT2D eigenvalue weighted by Gasteiger charge is 2.18. The summed E-state index contributed by atoms with van der Waals surface area (Å²) in [5.74, 6) is 0.0821. The molecule has 5 nitrogen and oxygen atoms in total. The van der Waals surface area contributed by atoms with E-state index in [-0.39, 0.29) is 18.0 Å². The number of piperidine rings is 1. The monoisotopic (exact) mass is 365 g/mol. The van der Waals surface area contributed by atoms with Gasteiger partial charge >= 0.3 is 6.03 Å². The number of carbonyl (C=O) groups excluding carboxylic acids is 2. The molecule has 0 spiro atoms. The third-order valence-electron chi connectivity index (χ3n) is 4.92. The molecular weight excluding hydrogens is 338 g/mol. The van der Waals surface area contributed by atoms with Gasteiger partial charge in [0.05, 0.1) is 6.04 Å². The highest BCUT2D eigenvalue weighted by Crippen LogP contribution is 2.14. The van der Waals surface area contributed by atoms with Crippen LogP contribution < -0.4 is 10.6 Å². The number of hydrogen-bond donors (Lipinski definition) is 2. The Morgan fingerprint density at radius 1 is 1.00 bits per heavy atom. The van der Waals surface area contributed by atoms with Crippen molar-refractivity contribution < 1.29 is 9.59 Å². The van der Waals surface area contributed by atoms with Crippen LogP contribution in [-0.2, 0) is 6.54 Å². The minimum absolute atomic E-state index is 0.0711. The van der Waals surface area contributed by atoms with Crippen molar-refractivity contribution >= 4 is 11.9 Å². The minimum Gasteiger partial charge on any atom is -0.339 e. The Bertz CT molecular complexity index is 770. The van der Waals surface area contributed by atoms with Crippen molar-refractivity contribution in [2.45, 2.75) is 38.8 Å². The van der Waals surface area contributed by atoms with E-state index >= 15 is 0 Å². The first-order valence-corrected chi connectivity index (χ1v) is 9.61. The molecule has 1 saturated heterocycles. The maximum Gasteiger partial charge on any atom is 0.315 e. The molecule has 1 aliphatic rings. The number of likely N-dealkylation sites (tertiary alicyclic amines) is 1. The molecule has 2 N–H and O–H groups in total. The summed E-state index contributed by atoms with van der Waals surface area (Å²) in [6.07, 6.45) is 3.35. The fourth-order valence-electron chi connectivity index (χ4n) is 3.35. The molecule has 3 amide bonds. The van der Waals surface area contributed by atoms with Crippen LogP contribution in [0, 0.1) is 0 Å². The summed E-state index contributed by atoms with van der Waals surface area (Å²) in [5.41, 5.74) is 2.66. The van der Waals surface area contributed by atoms with Gasteiger partial charge in [-0.15, -0.1) is 0 Å². The molecule has 0 radical (unpaired) electrons. The van der Waals surface area contributed by atoms with E-state index in [4.69, 9.17) is 0 Å². The maximum absolute atomic E-state index is 12.6. The van der Waals surface area contributed by atoms with Crippen molar-refractivity contribution in [1.29, 1.82) is 0 Å². The molecule has 1 atom stereocenters. The van der Waals surface area contributed by atoms with Crippen LogP contribution in [0.25, 0.3) is 0 Å². The highest BCUT2D eigenvalue weighted by molar-refractivity contribution is 5.94. The summed E-state index contributed by atoms with van der Waals surface area (Å²) in [6.45, 7) is 4.00. The lowest BCUT2D eigenvalue weighted by Crippen LogP contribution is -2.37. The Balaban J connectivity index is 1.53. The van der Waals surface area contributed by atoms with E-state index in [9.17, 15) is 9.59 Å². The Hall–Kier alpha value is -2.82. The maximum atomic E-state index is 12.6. The predicted molar refractivity (Wildman–Crippen MR) is 106 cm³/mol. The number of hydrogen-bond acceptors (Lipinski definition) is 2. The van der Waals surface area contributed by atoms with Gasteiger partial charge < -0.3 is 15.5 Å². The third-order valence-corrected chi connectivity index (χ3v) is 4.92. The number of amides is 3. The molecule has 0 aromatic heterocycles. The molecule has 1 unspecified atom stereocenters. The Labute approximate surface area is 160 Å². The Morgan fingerprint density at radius 2 is 1.74 bits per heavy atom. The molecule has 3 rings (SSSR count). The molecule has 0 bridgehead atoms. The fraction of sp³-hybridized carbons (Fsp3) is 0.364. The quantitative estimate of drug-likeness (QED) is 0.845. The van der Waals surface area contributed by atoms with Crippen molar-refractivity contribution in [3.63, 3.8) is 0 Å². The molecule has 1 heterocycles. The van der Waals surface area contributed by atoms with E-state index in [0.717, 1.165) is 37.1 Å². The summed E-state index contributed by atoms with van der Waals surface area (Å²) < 4.78 is 0. The van der Waals surface area contributed by atoms with Crippen LogP contribution in [0.1, 0.15) is 53.7 Å². The second kappa shape index (κ2) is 9.21. The van der Waals surface area contributed by atoms with Gasteiger partial charge in [-0.25, -0.2) is 4.79 Å². The van der Waals surface area contributed by atoms with Crippen molar-refractivity contribution in [1.82, 2.24) is 15.5 Å². The average Bonchev–Trinajstić information content (AvgIpc) is 2.73. The lowest BCUT2D eigenvalue weighted by molar-refractivity contribution is 0.0724. The van der Waals surface area contributed by atoms with Crippen molar-refractivity contribution in [3.05, 3.63) is 71.3 Å². The first-order chi connectivity index (χ1) is 13.1. The van der Waals surface area contributed by atoms with Gasteiger partial charge in [-0.2, -0.15) is 0 Å². The molecule has 2 aromatic rings. The van der Waals surface area contributed by atoms with Crippen LogP contribution in [0.15, 0.2) is 54.6 Å². The molecule has 2 aromatic carbocycles. The van der Waals surface area contributed by atoms with Gasteiger partial charge in [-0.05, 0) is 49.4 Å². The zero-order valence-electron chi connectivity index (χ0n) is 15.8. The molecule has 5 heteroatoms. The van der Waals surface area contributed by atoms with Crippen LogP contribution in [0.4, 0.5) is 4.79 Å². The molecule has 0 aliphatic carbocycles. The highest BCUT2D eigenvalue weighted by atomic mass is 16.2. The van der Waals surface area contributed by atoms with Crippen molar-refractivity contribution in [3.8, 4) is 0 Å². The van der Waals surface area contributed by atoms with Gasteiger partial charge in [0, 0.05) is 25.2 Å². The summed E-state index contributed by atoms with van der Waals surface area (Å²) in [5, 5.41) is 5.80. The van der Waals surface area contributed by atoms with Crippen LogP contribution in [0.2, 0.25) is 0 Å². The predicted octanol–water partition coefficient (Wildman–Crippen LogP) is 3.87. The minimum atomic E-state index is -0.223. The molecule has 142 valence electrons. The Morgan fingerprint density at radius 3 is 2.48 bits per heavy atom. The topological polar surface area (TPSA) is 61.4 Å². The number of nitrogens with zero attached hydrogens (tertiary/aromatic N) is 1. The normalized spacial score (nSPS) is 15.1. The Kier molecular flexibility index (Phi) is 6.47. The van der Waals surface area contributed by atoms with E-state index in [0.29, 0.717) is 12.1 Å². The molecule has 1 fully saturated rings. The largest absolute Gasteiger partial charge is 0.339 e. The fourth-order valence-corrected chi connectivity index (χ4v) is 3.35. The second-order valence-electron chi connectivity index (χ2n) is 7.01.